The largest absolute Gasteiger partial charge is 0.481 e. The van der Waals surface area contributed by atoms with Crippen molar-refractivity contribution in [1.82, 2.24) is 10.3 Å². The molecule has 1 saturated heterocycles. The summed E-state index contributed by atoms with van der Waals surface area (Å²) in [6, 6.07) is 8.56. The summed E-state index contributed by atoms with van der Waals surface area (Å²) in [4.78, 5) is 41.4. The predicted molar refractivity (Wildman–Crippen MR) is 125 cm³/mol. The molecule has 2 aliphatic heterocycles. The van der Waals surface area contributed by atoms with Crippen LogP contribution in [-0.2, 0) is 19.4 Å². The number of aliphatic carboxylic acids is 1. The van der Waals surface area contributed by atoms with Gasteiger partial charge < -0.3 is 10.5 Å². The van der Waals surface area contributed by atoms with Crippen molar-refractivity contribution in [3.8, 4) is 0 Å². The topological polar surface area (TPSA) is 113 Å². The van der Waals surface area contributed by atoms with E-state index >= 15 is 0 Å². The first-order valence-corrected chi connectivity index (χ1v) is 11.1. The third kappa shape index (κ3) is 4.24. The van der Waals surface area contributed by atoms with Crippen LogP contribution in [0.15, 0.2) is 76.0 Å². The van der Waals surface area contributed by atoms with Crippen molar-refractivity contribution in [2.24, 2.45) is 15.5 Å². The molecule has 0 aromatic heterocycles. The number of rotatable bonds is 7. The molecule has 1 aromatic carbocycles. The van der Waals surface area contributed by atoms with E-state index in [4.69, 9.17) is 9.78 Å². The maximum atomic E-state index is 13.4. The summed E-state index contributed by atoms with van der Waals surface area (Å²) in [5.41, 5.74) is 4.12. The number of amidine groups is 1. The van der Waals surface area contributed by atoms with E-state index in [0.29, 0.717) is 5.17 Å². The zero-order valence-electron chi connectivity index (χ0n) is 18.4. The number of allylic oxidation sites excluding steroid dienone is 3. The van der Waals surface area contributed by atoms with Gasteiger partial charge in [0.25, 0.3) is 5.91 Å². The number of fused-ring (bicyclic) bond motifs is 1. The maximum Gasteiger partial charge on any atom is 0.315 e. The smallest absolute Gasteiger partial charge is 0.315 e. The Balaban J connectivity index is 1.65. The zero-order chi connectivity index (χ0) is 23.6. The highest BCUT2D eigenvalue weighted by molar-refractivity contribution is 8.28. The number of nitrogens with zero attached hydrogens (tertiary/aromatic N) is 3. The Labute approximate surface area is 195 Å². The molecule has 1 fully saturated rings. The minimum atomic E-state index is -1.19. The van der Waals surface area contributed by atoms with Gasteiger partial charge in [0.1, 0.15) is 12.0 Å². The SMILES string of the molecule is COOCC1=C(C)N=C2S/C(=N\NC3C=CC=CC3(C)C(=O)O)C(=O)N2C1c1ccccc1. The highest BCUT2D eigenvalue weighted by atomic mass is 32.2. The van der Waals surface area contributed by atoms with Gasteiger partial charge in [0.2, 0.25) is 0 Å². The molecule has 33 heavy (non-hydrogen) atoms. The predicted octanol–water partition coefficient (Wildman–Crippen LogP) is 3.01. The lowest BCUT2D eigenvalue weighted by Crippen LogP contribution is -2.45. The lowest BCUT2D eigenvalue weighted by Gasteiger charge is -2.33. The number of aliphatic imine (C=N–C) groups is 1. The number of hydrogen-bond donors (Lipinski definition) is 2. The second kappa shape index (κ2) is 9.34. The molecule has 2 N–H and O–H groups in total. The highest BCUT2D eigenvalue weighted by Crippen LogP contribution is 2.41. The van der Waals surface area contributed by atoms with E-state index < -0.39 is 23.5 Å². The first kappa shape index (κ1) is 23.0. The lowest BCUT2D eigenvalue weighted by atomic mass is 9.80. The third-order valence-corrected chi connectivity index (χ3v) is 6.76. The summed E-state index contributed by atoms with van der Waals surface area (Å²) in [6.45, 7) is 3.61. The average molecular weight is 469 g/mol. The van der Waals surface area contributed by atoms with Crippen LogP contribution in [0.1, 0.15) is 25.5 Å². The van der Waals surface area contributed by atoms with Crippen molar-refractivity contribution in [3.05, 3.63) is 71.5 Å². The molecule has 0 saturated carbocycles. The molecule has 172 valence electrons. The molecule has 0 spiro atoms. The number of hydrogen-bond acceptors (Lipinski definition) is 8. The number of thioether (sulfide) groups is 1. The molecule has 3 atom stereocenters. The molecule has 4 rings (SSSR count). The molecule has 0 radical (unpaired) electrons. The van der Waals surface area contributed by atoms with E-state index in [2.05, 4.69) is 15.5 Å². The Morgan fingerprint density at radius 1 is 1.33 bits per heavy atom. The van der Waals surface area contributed by atoms with Crippen molar-refractivity contribution < 1.29 is 24.5 Å². The molecule has 3 aliphatic rings. The second-order valence-electron chi connectivity index (χ2n) is 7.88. The molecule has 1 amide bonds. The van der Waals surface area contributed by atoms with Gasteiger partial charge in [-0.05, 0) is 31.2 Å². The molecule has 1 aliphatic carbocycles. The summed E-state index contributed by atoms with van der Waals surface area (Å²) in [5, 5.41) is 14.7. The summed E-state index contributed by atoms with van der Waals surface area (Å²) in [7, 11) is 1.43. The molecule has 1 aromatic rings. The van der Waals surface area contributed by atoms with E-state index in [0.717, 1.165) is 28.6 Å². The monoisotopic (exact) mass is 468 g/mol. The Hall–Kier alpha value is -3.21. The van der Waals surface area contributed by atoms with E-state index in [1.807, 2.05) is 37.3 Å². The van der Waals surface area contributed by atoms with E-state index in [9.17, 15) is 14.7 Å². The number of nitrogens with one attached hydrogen (secondary N) is 1. The molecule has 2 heterocycles. The van der Waals surface area contributed by atoms with Crippen LogP contribution in [0.5, 0.6) is 0 Å². The lowest BCUT2D eigenvalue weighted by molar-refractivity contribution is -0.266. The van der Waals surface area contributed by atoms with Crippen LogP contribution in [0.4, 0.5) is 0 Å². The van der Waals surface area contributed by atoms with Gasteiger partial charge in [0.05, 0.1) is 19.2 Å². The first-order valence-electron chi connectivity index (χ1n) is 10.3. The number of carboxylic acid groups (broad SMARTS) is 1. The van der Waals surface area contributed by atoms with Crippen LogP contribution in [-0.4, -0.2) is 51.9 Å². The van der Waals surface area contributed by atoms with Gasteiger partial charge in [-0.3, -0.25) is 14.5 Å². The number of carbonyl (C=O) groups excluding carboxylic acids is 1. The van der Waals surface area contributed by atoms with Gasteiger partial charge in [0, 0.05) is 11.3 Å². The van der Waals surface area contributed by atoms with E-state index in [-0.39, 0.29) is 17.6 Å². The summed E-state index contributed by atoms with van der Waals surface area (Å²) >= 11 is 1.15. The molecule has 10 heteroatoms. The van der Waals surface area contributed by atoms with E-state index in [1.54, 1.807) is 36.1 Å². The van der Waals surface area contributed by atoms with Gasteiger partial charge in [-0.2, -0.15) is 5.10 Å². The van der Waals surface area contributed by atoms with Crippen LogP contribution in [0.3, 0.4) is 0 Å². The fourth-order valence-corrected chi connectivity index (χ4v) is 4.77. The van der Waals surface area contributed by atoms with Gasteiger partial charge in [-0.25, -0.2) is 14.8 Å². The van der Waals surface area contributed by atoms with Crippen LogP contribution >= 0.6 is 11.8 Å². The minimum absolute atomic E-state index is 0.147. The van der Waals surface area contributed by atoms with Crippen LogP contribution in [0.2, 0.25) is 0 Å². The van der Waals surface area contributed by atoms with Crippen molar-refractivity contribution in [2.75, 3.05) is 13.7 Å². The minimum Gasteiger partial charge on any atom is -0.481 e. The van der Waals surface area contributed by atoms with Crippen molar-refractivity contribution in [1.29, 1.82) is 0 Å². The Kier molecular flexibility index (Phi) is 6.50. The zero-order valence-corrected chi connectivity index (χ0v) is 19.2. The molecular formula is C23H24N4O5S. The summed E-state index contributed by atoms with van der Waals surface area (Å²) in [6.07, 6.45) is 6.75. The normalized spacial score (nSPS) is 27.7. The Bertz CT molecular complexity index is 1110. The Morgan fingerprint density at radius 2 is 2.09 bits per heavy atom. The number of amides is 1. The Morgan fingerprint density at radius 3 is 2.79 bits per heavy atom. The van der Waals surface area contributed by atoms with Crippen molar-refractivity contribution >= 4 is 33.8 Å². The van der Waals surface area contributed by atoms with E-state index in [1.165, 1.54) is 7.11 Å². The molecule has 9 nitrogen and oxygen atoms in total. The third-order valence-electron chi connectivity index (χ3n) is 5.83. The van der Waals surface area contributed by atoms with Gasteiger partial charge >= 0.3 is 5.97 Å². The quantitative estimate of drug-likeness (QED) is 0.467. The number of hydrazone groups is 1. The molecule has 3 unspecified atom stereocenters. The second-order valence-corrected chi connectivity index (χ2v) is 8.84. The fourth-order valence-electron chi connectivity index (χ4n) is 3.85. The number of benzene rings is 1. The summed E-state index contributed by atoms with van der Waals surface area (Å²) < 4.78 is 0. The van der Waals surface area contributed by atoms with Crippen LogP contribution < -0.4 is 5.43 Å². The van der Waals surface area contributed by atoms with Gasteiger partial charge in [-0.1, -0.05) is 54.6 Å². The average Bonchev–Trinajstić information content (AvgIpc) is 3.12. The number of carbonyl (C=O) groups is 2. The molecular weight excluding hydrogens is 444 g/mol. The number of carboxylic acids is 1. The fraction of sp³-hybridized carbons (Fsp3) is 0.304. The van der Waals surface area contributed by atoms with Crippen molar-refractivity contribution in [2.45, 2.75) is 25.9 Å². The first-order chi connectivity index (χ1) is 15.9. The molecule has 0 bridgehead atoms. The standard InChI is InChI=1S/C23H24N4O5S/c1-14-16(13-32-31-3)18(15-9-5-4-6-10-15)27-20(28)19(33-22(27)24-14)26-25-17-11-7-8-12-23(17,2)21(29)30/h4-12,17-18,25H,13H2,1-3H3,(H,29,30)/b26-19-. The highest BCUT2D eigenvalue weighted by Gasteiger charge is 2.45. The van der Waals surface area contributed by atoms with Crippen LogP contribution in [0.25, 0.3) is 0 Å². The van der Waals surface area contributed by atoms with Gasteiger partial charge in [-0.15, -0.1) is 0 Å². The maximum absolute atomic E-state index is 13.4. The van der Waals surface area contributed by atoms with Crippen molar-refractivity contribution in [3.63, 3.8) is 0 Å². The van der Waals surface area contributed by atoms with Crippen LogP contribution in [0, 0.1) is 5.41 Å². The summed E-state index contributed by atoms with van der Waals surface area (Å²) in [5.74, 6) is -1.31. The van der Waals surface area contributed by atoms with Gasteiger partial charge in [0.15, 0.2) is 10.2 Å².